The molecule has 0 atom stereocenters. The Bertz CT molecular complexity index is 609. The van der Waals surface area contributed by atoms with Crippen LogP contribution in [-0.2, 0) is 11.2 Å². The summed E-state index contributed by atoms with van der Waals surface area (Å²) in [6.45, 7) is 9.04. The molecule has 0 aliphatic heterocycles. The van der Waals surface area contributed by atoms with Gasteiger partial charge in [0.05, 0.1) is 13.7 Å². The molecule has 0 aliphatic rings. The van der Waals surface area contributed by atoms with Crippen molar-refractivity contribution in [2.24, 2.45) is 4.99 Å². The molecule has 6 nitrogen and oxygen atoms in total. The average Bonchev–Trinajstić information content (AvgIpc) is 2.63. The topological polar surface area (TPSA) is 57.2 Å². The fraction of sp³-hybridized carbons (Fsp3) is 0.579. The van der Waals surface area contributed by atoms with E-state index in [0.29, 0.717) is 31.2 Å². The Labute approximate surface area is 185 Å². The van der Waals surface area contributed by atoms with Crippen molar-refractivity contribution in [3.63, 3.8) is 0 Å². The number of hydrogen-bond donors (Lipinski definition) is 1. The molecule has 0 saturated heterocycles. The van der Waals surface area contributed by atoms with Gasteiger partial charge in [-0.05, 0) is 44.9 Å². The smallest absolute Gasteiger partial charge is 0.242 e. The third-order valence-corrected chi connectivity index (χ3v) is 4.44. The van der Waals surface area contributed by atoms with Crippen LogP contribution in [0.1, 0.15) is 26.3 Å². The molecule has 1 aromatic rings. The summed E-state index contributed by atoms with van der Waals surface area (Å²) in [4.78, 5) is 20.6. The van der Waals surface area contributed by atoms with E-state index in [1.165, 1.54) is 0 Å². The highest BCUT2D eigenvalue weighted by molar-refractivity contribution is 14.0. The summed E-state index contributed by atoms with van der Waals surface area (Å²) in [6.07, 6.45) is 0.718. The predicted molar refractivity (Wildman–Crippen MR) is 124 cm³/mol. The zero-order valence-electron chi connectivity index (χ0n) is 16.9. The van der Waals surface area contributed by atoms with Crippen LogP contribution in [0.3, 0.4) is 0 Å². The lowest BCUT2D eigenvalue weighted by Gasteiger charge is -2.25. The van der Waals surface area contributed by atoms with Crippen molar-refractivity contribution in [1.82, 2.24) is 15.1 Å². The summed E-state index contributed by atoms with van der Waals surface area (Å²) < 4.78 is 5.17. The SMILES string of the molecule is CCNC(=NCCc1ccc(OC)cc1Cl)N(C)CC(=O)N(CC)CC.I. The van der Waals surface area contributed by atoms with E-state index in [1.807, 2.05) is 49.8 Å². The van der Waals surface area contributed by atoms with E-state index in [4.69, 9.17) is 16.3 Å². The minimum absolute atomic E-state index is 0. The number of methoxy groups -OCH3 is 1. The first-order valence-electron chi connectivity index (χ1n) is 9.06. The van der Waals surface area contributed by atoms with E-state index < -0.39 is 0 Å². The van der Waals surface area contributed by atoms with E-state index in [9.17, 15) is 4.79 Å². The van der Waals surface area contributed by atoms with Crippen molar-refractivity contribution in [2.75, 3.05) is 46.9 Å². The number of benzene rings is 1. The first-order chi connectivity index (χ1) is 12.5. The fourth-order valence-corrected chi connectivity index (χ4v) is 2.83. The predicted octanol–water partition coefficient (Wildman–Crippen LogP) is 3.27. The van der Waals surface area contributed by atoms with Crippen molar-refractivity contribution in [1.29, 1.82) is 0 Å². The molecule has 1 aromatic carbocycles. The zero-order valence-corrected chi connectivity index (χ0v) is 20.0. The number of nitrogens with one attached hydrogen (secondary N) is 1. The second kappa shape index (κ2) is 13.9. The number of carbonyl (C=O) groups excluding carboxylic acids is 1. The second-order valence-electron chi connectivity index (χ2n) is 5.87. The molecule has 8 heteroatoms. The minimum Gasteiger partial charge on any atom is -0.497 e. The molecule has 0 spiro atoms. The van der Waals surface area contributed by atoms with Gasteiger partial charge in [-0.1, -0.05) is 17.7 Å². The first kappa shape index (κ1) is 25.8. The summed E-state index contributed by atoms with van der Waals surface area (Å²) in [7, 11) is 3.50. The van der Waals surface area contributed by atoms with Crippen LogP contribution in [-0.4, -0.2) is 68.5 Å². The van der Waals surface area contributed by atoms with Gasteiger partial charge in [-0.25, -0.2) is 0 Å². The summed E-state index contributed by atoms with van der Waals surface area (Å²) in [5, 5.41) is 3.91. The molecule has 0 aliphatic carbocycles. The van der Waals surface area contributed by atoms with Crippen LogP contribution in [0.15, 0.2) is 23.2 Å². The third-order valence-electron chi connectivity index (χ3n) is 4.09. The molecule has 0 heterocycles. The van der Waals surface area contributed by atoms with E-state index >= 15 is 0 Å². The van der Waals surface area contributed by atoms with Crippen LogP contribution in [0.4, 0.5) is 0 Å². The Hall–Kier alpha value is -1.22. The van der Waals surface area contributed by atoms with Crippen molar-refractivity contribution in [3.8, 4) is 5.75 Å². The van der Waals surface area contributed by atoms with Gasteiger partial charge in [0.2, 0.25) is 5.91 Å². The summed E-state index contributed by atoms with van der Waals surface area (Å²) in [5.74, 6) is 1.56. The van der Waals surface area contributed by atoms with Crippen LogP contribution in [0.25, 0.3) is 0 Å². The van der Waals surface area contributed by atoms with Crippen molar-refractivity contribution in [2.45, 2.75) is 27.2 Å². The molecule has 27 heavy (non-hydrogen) atoms. The third kappa shape index (κ3) is 8.55. The van der Waals surface area contributed by atoms with Gasteiger partial charge in [-0.15, -0.1) is 24.0 Å². The molecule has 0 unspecified atom stereocenters. The molecule has 1 amide bonds. The number of aliphatic imine (C=N–C) groups is 1. The van der Waals surface area contributed by atoms with Crippen molar-refractivity contribution >= 4 is 47.4 Å². The number of rotatable bonds is 9. The van der Waals surface area contributed by atoms with Gasteiger partial charge < -0.3 is 19.9 Å². The summed E-state index contributed by atoms with van der Waals surface area (Å²) in [5.41, 5.74) is 1.02. The van der Waals surface area contributed by atoms with Gasteiger partial charge in [-0.3, -0.25) is 9.79 Å². The van der Waals surface area contributed by atoms with Crippen LogP contribution >= 0.6 is 35.6 Å². The molecule has 0 saturated carbocycles. The highest BCUT2D eigenvalue weighted by Crippen LogP contribution is 2.22. The van der Waals surface area contributed by atoms with Crippen LogP contribution < -0.4 is 10.1 Å². The fourth-order valence-electron chi connectivity index (χ4n) is 2.56. The maximum Gasteiger partial charge on any atom is 0.242 e. The number of amides is 1. The Kier molecular flexibility index (Phi) is 13.2. The van der Waals surface area contributed by atoms with E-state index in [2.05, 4.69) is 10.3 Å². The highest BCUT2D eigenvalue weighted by atomic mass is 127. The Morgan fingerprint density at radius 3 is 2.44 bits per heavy atom. The van der Waals surface area contributed by atoms with Gasteiger partial charge >= 0.3 is 0 Å². The number of hydrogen-bond acceptors (Lipinski definition) is 3. The molecule has 154 valence electrons. The van der Waals surface area contributed by atoms with Crippen LogP contribution in [0, 0.1) is 0 Å². The minimum atomic E-state index is 0. The first-order valence-corrected chi connectivity index (χ1v) is 9.44. The van der Waals surface area contributed by atoms with E-state index in [-0.39, 0.29) is 29.9 Å². The molecule has 0 radical (unpaired) electrons. The Morgan fingerprint density at radius 1 is 1.26 bits per heavy atom. The maximum atomic E-state index is 12.3. The van der Waals surface area contributed by atoms with E-state index in [0.717, 1.165) is 30.2 Å². The quantitative estimate of drug-likeness (QED) is 0.315. The Morgan fingerprint density at radius 2 is 1.93 bits per heavy atom. The molecular weight excluding hydrogens is 479 g/mol. The molecule has 0 aromatic heterocycles. The summed E-state index contributed by atoms with van der Waals surface area (Å²) in [6, 6.07) is 5.66. The number of halogens is 2. The van der Waals surface area contributed by atoms with Crippen LogP contribution in [0.5, 0.6) is 5.75 Å². The molecule has 0 bridgehead atoms. The number of ether oxygens (including phenoxy) is 1. The van der Waals surface area contributed by atoms with Crippen LogP contribution in [0.2, 0.25) is 5.02 Å². The molecule has 0 fully saturated rings. The van der Waals surface area contributed by atoms with Gasteiger partial charge in [0.25, 0.3) is 0 Å². The maximum absolute atomic E-state index is 12.3. The number of guanidine groups is 1. The largest absolute Gasteiger partial charge is 0.497 e. The second-order valence-corrected chi connectivity index (χ2v) is 6.27. The normalized spacial score (nSPS) is 10.8. The number of nitrogens with zero attached hydrogens (tertiary/aromatic N) is 3. The lowest BCUT2D eigenvalue weighted by atomic mass is 10.1. The standard InChI is InChI=1S/C19H31ClN4O2.HI/c1-6-21-19(23(4)14-18(25)24(7-2)8-3)22-12-11-15-9-10-16(26-5)13-17(15)20;/h9-10,13H,6-8,11-12,14H2,1-5H3,(H,21,22);1H. The number of carbonyl (C=O) groups is 1. The Balaban J connectivity index is 0.00000676. The lowest BCUT2D eigenvalue weighted by Crippen LogP contribution is -2.45. The van der Waals surface area contributed by atoms with Gasteiger partial charge in [-0.2, -0.15) is 0 Å². The zero-order chi connectivity index (χ0) is 19.5. The monoisotopic (exact) mass is 510 g/mol. The van der Waals surface area contributed by atoms with Crippen molar-refractivity contribution in [3.05, 3.63) is 28.8 Å². The number of likely N-dealkylation sites (N-methyl/N-ethyl adjacent to an activating group) is 2. The highest BCUT2D eigenvalue weighted by Gasteiger charge is 2.15. The lowest BCUT2D eigenvalue weighted by molar-refractivity contribution is -0.131. The average molecular weight is 511 g/mol. The molecule has 1 N–H and O–H groups in total. The van der Waals surface area contributed by atoms with Gasteiger partial charge in [0.1, 0.15) is 5.75 Å². The van der Waals surface area contributed by atoms with Crippen molar-refractivity contribution < 1.29 is 9.53 Å². The summed E-state index contributed by atoms with van der Waals surface area (Å²) >= 11 is 6.28. The van der Waals surface area contributed by atoms with E-state index in [1.54, 1.807) is 13.2 Å². The van der Waals surface area contributed by atoms with Gasteiger partial charge in [0, 0.05) is 38.2 Å². The van der Waals surface area contributed by atoms with Gasteiger partial charge in [0.15, 0.2) is 5.96 Å². The molecular formula is C19H32ClIN4O2. The molecule has 1 rings (SSSR count).